The van der Waals surface area contributed by atoms with Crippen molar-refractivity contribution < 1.29 is 4.57 Å². The van der Waals surface area contributed by atoms with E-state index in [4.69, 9.17) is 0 Å². The Morgan fingerprint density at radius 1 is 0.886 bits per heavy atom. The molecule has 0 saturated carbocycles. The number of hydrogen-bond donors (Lipinski definition) is 0. The molecule has 0 saturated heterocycles. The molecule has 0 atom stereocenters. The van der Waals surface area contributed by atoms with E-state index in [1.807, 2.05) is 86.4 Å². The standard InChI is InChI=1S/C18H21N3.C15H29N2.C5H9N/c1-15-10-8-9-13-18(15)20(3)16(2)14-19-21(4)17-11-6-5-7-12-17;1-3-5-7-8-10-12-17-14-13-16(15-17)11-9-6-4-2;1-3-5-6-4-2/h5-14H,2H2,1,3-4H3;13-15H,3-12H2,1-2H3;3-5H,1-2H3/q;+1;/b19-14+;;5-3-,6-4?. The van der Waals surface area contributed by atoms with Crippen molar-refractivity contribution in [1.82, 2.24) is 4.57 Å². The van der Waals surface area contributed by atoms with Gasteiger partial charge in [0.25, 0.3) is 0 Å². The number of aliphatic imine (C=N–C) groups is 1. The Kier molecular flexibility index (Phi) is 21.2. The first kappa shape index (κ1) is 38.1. The molecule has 44 heavy (non-hydrogen) atoms. The van der Waals surface area contributed by atoms with E-state index in [9.17, 15) is 0 Å². The van der Waals surface area contributed by atoms with Crippen LogP contribution in [0.25, 0.3) is 0 Å². The largest absolute Gasteiger partial charge is 0.344 e. The van der Waals surface area contributed by atoms with Gasteiger partial charge in [-0.1, -0.05) is 88.6 Å². The Balaban J connectivity index is 0.000000378. The van der Waals surface area contributed by atoms with Crippen molar-refractivity contribution in [3.05, 3.63) is 103 Å². The smallest absolute Gasteiger partial charge is 0.243 e. The fourth-order valence-electron chi connectivity index (χ4n) is 4.36. The van der Waals surface area contributed by atoms with Crippen molar-refractivity contribution in [3.63, 3.8) is 0 Å². The molecule has 6 heteroatoms. The second-order valence-corrected chi connectivity index (χ2v) is 10.8. The SMILES string of the molecule is C=C(/C=N/N(C)c1ccccc1)N(C)c1ccccc1C.CC=N/C=C\C.CCCCCCCn1cc[n+](CCCCC)c1. The molecule has 0 spiro atoms. The summed E-state index contributed by atoms with van der Waals surface area (Å²) in [6.45, 7) is 16.9. The maximum absolute atomic E-state index is 4.44. The minimum atomic E-state index is 0.840. The average molecular weight is 600 g/mol. The van der Waals surface area contributed by atoms with E-state index in [0.717, 1.165) is 17.1 Å². The Morgan fingerprint density at radius 3 is 2.18 bits per heavy atom. The molecule has 1 aromatic heterocycles. The second-order valence-electron chi connectivity index (χ2n) is 10.8. The second kappa shape index (κ2) is 24.5. The Labute approximate surface area is 269 Å². The lowest BCUT2D eigenvalue weighted by molar-refractivity contribution is -0.696. The Morgan fingerprint density at radius 2 is 1.55 bits per heavy atom. The van der Waals surface area contributed by atoms with Crippen LogP contribution >= 0.6 is 0 Å². The number of allylic oxidation sites excluding steroid dienone is 2. The van der Waals surface area contributed by atoms with Gasteiger partial charge < -0.3 is 4.90 Å². The normalized spacial score (nSPS) is 10.9. The molecule has 3 aromatic rings. The van der Waals surface area contributed by atoms with Crippen molar-refractivity contribution in [1.29, 1.82) is 0 Å². The number of hydrogen-bond acceptors (Lipinski definition) is 4. The van der Waals surface area contributed by atoms with Gasteiger partial charge in [0.05, 0.1) is 30.7 Å². The predicted molar refractivity (Wildman–Crippen MR) is 194 cm³/mol. The van der Waals surface area contributed by atoms with E-state index in [0.29, 0.717) is 0 Å². The molecular formula is C38H59N6+. The van der Waals surface area contributed by atoms with Crippen LogP contribution in [0.3, 0.4) is 0 Å². The molecule has 0 N–H and O–H groups in total. The average Bonchev–Trinajstić information content (AvgIpc) is 3.51. The number of benzene rings is 2. The summed E-state index contributed by atoms with van der Waals surface area (Å²) in [5.41, 5.74) is 4.23. The molecule has 3 rings (SSSR count). The molecule has 240 valence electrons. The third kappa shape index (κ3) is 16.6. The van der Waals surface area contributed by atoms with Crippen molar-refractivity contribution in [2.45, 2.75) is 99.1 Å². The third-order valence-corrected chi connectivity index (χ3v) is 7.09. The van der Waals surface area contributed by atoms with Crippen LogP contribution in [0.2, 0.25) is 0 Å². The summed E-state index contributed by atoms with van der Waals surface area (Å²) in [5, 5.41) is 6.27. The molecule has 0 fully saturated rings. The summed E-state index contributed by atoms with van der Waals surface area (Å²) in [7, 11) is 3.92. The van der Waals surface area contributed by atoms with Gasteiger partial charge in [-0.3, -0.25) is 10.0 Å². The third-order valence-electron chi connectivity index (χ3n) is 7.09. The number of rotatable bonds is 16. The highest BCUT2D eigenvalue weighted by Gasteiger charge is 2.06. The van der Waals surface area contributed by atoms with E-state index in [-0.39, 0.29) is 0 Å². The lowest BCUT2D eigenvalue weighted by Crippen LogP contribution is -2.30. The number of imidazole rings is 1. The first-order chi connectivity index (χ1) is 21.4. The first-order valence-corrected chi connectivity index (χ1v) is 16.3. The molecule has 0 radical (unpaired) electrons. The van der Waals surface area contributed by atoms with Crippen LogP contribution in [0.1, 0.15) is 84.6 Å². The van der Waals surface area contributed by atoms with Crippen LogP contribution < -0.4 is 14.5 Å². The van der Waals surface area contributed by atoms with E-state index < -0.39 is 0 Å². The van der Waals surface area contributed by atoms with Crippen LogP contribution in [-0.4, -0.2) is 31.1 Å². The summed E-state index contributed by atoms with van der Waals surface area (Å²) >= 11 is 0. The van der Waals surface area contributed by atoms with Gasteiger partial charge in [0, 0.05) is 32.2 Å². The van der Waals surface area contributed by atoms with Gasteiger partial charge in [0.15, 0.2) is 0 Å². The molecule has 0 aliphatic carbocycles. The quantitative estimate of drug-likeness (QED) is 0.0712. The number of aryl methyl sites for hydroxylation is 3. The number of nitrogens with zero attached hydrogens (tertiary/aromatic N) is 6. The van der Waals surface area contributed by atoms with Crippen LogP contribution in [0.5, 0.6) is 0 Å². The maximum atomic E-state index is 4.44. The molecular weight excluding hydrogens is 540 g/mol. The summed E-state index contributed by atoms with van der Waals surface area (Å²) in [4.78, 5) is 5.82. The highest BCUT2D eigenvalue weighted by molar-refractivity contribution is 5.84. The molecule has 0 bridgehead atoms. The minimum Gasteiger partial charge on any atom is -0.344 e. The summed E-state index contributed by atoms with van der Waals surface area (Å²) in [5.74, 6) is 0. The molecule has 2 aromatic carbocycles. The number of hydrazone groups is 1. The molecule has 1 heterocycles. The monoisotopic (exact) mass is 599 g/mol. The van der Waals surface area contributed by atoms with Crippen LogP contribution in [0.4, 0.5) is 11.4 Å². The van der Waals surface area contributed by atoms with E-state index in [1.165, 1.54) is 70.0 Å². The fourth-order valence-corrected chi connectivity index (χ4v) is 4.36. The fraction of sp³-hybridized carbons (Fsp3) is 0.447. The van der Waals surface area contributed by atoms with E-state index in [2.05, 4.69) is 77.4 Å². The Hall–Kier alpha value is -3.93. The van der Waals surface area contributed by atoms with Gasteiger partial charge >= 0.3 is 0 Å². The summed E-state index contributed by atoms with van der Waals surface area (Å²) < 4.78 is 4.65. The van der Waals surface area contributed by atoms with Crippen LogP contribution in [-0.2, 0) is 13.1 Å². The summed E-state index contributed by atoms with van der Waals surface area (Å²) in [6.07, 6.45) is 24.6. The van der Waals surface area contributed by atoms with Gasteiger partial charge in [-0.25, -0.2) is 9.13 Å². The molecule has 0 amide bonds. The van der Waals surface area contributed by atoms with E-state index >= 15 is 0 Å². The lowest BCUT2D eigenvalue weighted by Gasteiger charge is -2.21. The van der Waals surface area contributed by atoms with Crippen LogP contribution in [0, 0.1) is 6.92 Å². The number of aromatic nitrogens is 2. The molecule has 6 nitrogen and oxygen atoms in total. The zero-order valence-electron chi connectivity index (χ0n) is 28.7. The zero-order valence-corrected chi connectivity index (χ0v) is 28.7. The number of para-hydroxylation sites is 2. The molecule has 0 unspecified atom stereocenters. The van der Waals surface area contributed by atoms with Gasteiger partial charge in [-0.2, -0.15) is 5.10 Å². The van der Waals surface area contributed by atoms with E-state index in [1.54, 1.807) is 18.6 Å². The van der Waals surface area contributed by atoms with Gasteiger partial charge in [0.2, 0.25) is 6.33 Å². The van der Waals surface area contributed by atoms with Gasteiger partial charge in [-0.15, -0.1) is 0 Å². The molecule has 0 aliphatic heterocycles. The van der Waals surface area contributed by atoms with Crippen molar-refractivity contribution in [3.8, 4) is 0 Å². The van der Waals surface area contributed by atoms with Crippen molar-refractivity contribution >= 4 is 23.8 Å². The summed E-state index contributed by atoms with van der Waals surface area (Å²) in [6, 6.07) is 18.3. The van der Waals surface area contributed by atoms with Crippen molar-refractivity contribution in [2.24, 2.45) is 10.1 Å². The van der Waals surface area contributed by atoms with Gasteiger partial charge in [-0.05, 0) is 70.2 Å². The minimum absolute atomic E-state index is 0.840. The first-order valence-electron chi connectivity index (χ1n) is 16.3. The number of anilines is 2. The highest BCUT2D eigenvalue weighted by atomic mass is 15.4. The highest BCUT2D eigenvalue weighted by Crippen LogP contribution is 2.20. The predicted octanol–water partition coefficient (Wildman–Crippen LogP) is 9.61. The van der Waals surface area contributed by atoms with Crippen molar-refractivity contribution in [2.75, 3.05) is 24.0 Å². The lowest BCUT2D eigenvalue weighted by atomic mass is 10.1. The molecule has 0 aliphatic rings. The Bertz CT molecular complexity index is 1210. The maximum Gasteiger partial charge on any atom is 0.243 e. The van der Waals surface area contributed by atoms with Crippen LogP contribution in [0.15, 0.2) is 108 Å². The topological polar surface area (TPSA) is 40.0 Å². The number of unbranched alkanes of at least 4 members (excludes halogenated alkanes) is 6. The zero-order chi connectivity index (χ0) is 32.4. The van der Waals surface area contributed by atoms with Gasteiger partial charge in [0.1, 0.15) is 12.4 Å².